The van der Waals surface area contributed by atoms with Gasteiger partial charge in [0.2, 0.25) is 0 Å². The lowest BCUT2D eigenvalue weighted by Crippen LogP contribution is -2.40. The van der Waals surface area contributed by atoms with Crippen molar-refractivity contribution >= 4 is 11.7 Å². The van der Waals surface area contributed by atoms with Crippen molar-refractivity contribution in [3.05, 3.63) is 65.2 Å². The molecule has 3 rings (SSSR count). The van der Waals surface area contributed by atoms with Gasteiger partial charge in [0, 0.05) is 17.7 Å². The minimum absolute atomic E-state index is 0.0940. The Hall–Kier alpha value is -2.73. The van der Waals surface area contributed by atoms with Gasteiger partial charge in [-0.25, -0.2) is 4.79 Å². The Labute approximate surface area is 124 Å². The monoisotopic (exact) mass is 276 g/mol. The summed E-state index contributed by atoms with van der Waals surface area (Å²) >= 11 is 0. The smallest absolute Gasteiger partial charge is 0.322 e. The van der Waals surface area contributed by atoms with Crippen LogP contribution < -0.4 is 10.2 Å². The quantitative estimate of drug-likeness (QED) is 0.797. The number of carbonyl (C=O) groups is 1. The van der Waals surface area contributed by atoms with Crippen molar-refractivity contribution in [1.82, 2.24) is 5.32 Å². The molecule has 2 aromatic carbocycles. The van der Waals surface area contributed by atoms with Crippen LogP contribution in [0.5, 0.6) is 0 Å². The SMILES string of the molecule is CCNC(=O)N1Cc2ccccc2C#Cc2ccccc21. The molecule has 0 unspecified atom stereocenters. The molecule has 0 aromatic heterocycles. The number of rotatable bonds is 1. The fraction of sp³-hybridized carbons (Fsp3) is 0.167. The molecule has 21 heavy (non-hydrogen) atoms. The van der Waals surface area contributed by atoms with E-state index in [1.807, 2.05) is 55.5 Å². The van der Waals surface area contributed by atoms with Crippen LogP contribution in [-0.4, -0.2) is 12.6 Å². The molecule has 1 N–H and O–H groups in total. The molecule has 3 nitrogen and oxygen atoms in total. The number of benzene rings is 2. The minimum Gasteiger partial charge on any atom is -0.338 e. The van der Waals surface area contributed by atoms with Gasteiger partial charge in [-0.05, 0) is 30.7 Å². The molecule has 104 valence electrons. The molecule has 0 saturated carbocycles. The highest BCUT2D eigenvalue weighted by Crippen LogP contribution is 2.25. The van der Waals surface area contributed by atoms with E-state index in [9.17, 15) is 4.79 Å². The molecule has 0 aliphatic carbocycles. The fourth-order valence-electron chi connectivity index (χ4n) is 2.41. The van der Waals surface area contributed by atoms with Gasteiger partial charge < -0.3 is 5.32 Å². The van der Waals surface area contributed by atoms with Gasteiger partial charge >= 0.3 is 6.03 Å². The molecule has 0 bridgehead atoms. The molecule has 2 amide bonds. The van der Waals surface area contributed by atoms with Crippen molar-refractivity contribution in [3.63, 3.8) is 0 Å². The van der Waals surface area contributed by atoms with Crippen LogP contribution in [0.1, 0.15) is 23.6 Å². The van der Waals surface area contributed by atoms with E-state index < -0.39 is 0 Å². The maximum atomic E-state index is 12.4. The maximum absolute atomic E-state index is 12.4. The summed E-state index contributed by atoms with van der Waals surface area (Å²) in [7, 11) is 0. The van der Waals surface area contributed by atoms with E-state index in [0.717, 1.165) is 22.4 Å². The number of para-hydroxylation sites is 1. The number of amides is 2. The summed E-state index contributed by atoms with van der Waals surface area (Å²) in [5.74, 6) is 6.38. The van der Waals surface area contributed by atoms with Crippen LogP contribution in [0, 0.1) is 11.8 Å². The Balaban J connectivity index is 2.14. The molecule has 0 atom stereocenters. The van der Waals surface area contributed by atoms with Crippen molar-refractivity contribution < 1.29 is 4.79 Å². The average molecular weight is 276 g/mol. The first-order valence-electron chi connectivity index (χ1n) is 7.04. The number of carbonyl (C=O) groups excluding carboxylic acids is 1. The average Bonchev–Trinajstić information content (AvgIpc) is 2.50. The summed E-state index contributed by atoms with van der Waals surface area (Å²) in [4.78, 5) is 14.2. The first-order chi connectivity index (χ1) is 10.3. The lowest BCUT2D eigenvalue weighted by atomic mass is 10.0. The fourth-order valence-corrected chi connectivity index (χ4v) is 2.41. The summed E-state index contributed by atoms with van der Waals surface area (Å²) in [6.45, 7) is 3.04. The summed E-state index contributed by atoms with van der Waals surface area (Å²) in [5, 5.41) is 2.87. The van der Waals surface area contributed by atoms with Crippen LogP contribution >= 0.6 is 0 Å². The predicted octanol–water partition coefficient (Wildman–Crippen LogP) is 3.14. The van der Waals surface area contributed by atoms with Gasteiger partial charge in [-0.15, -0.1) is 0 Å². The van der Waals surface area contributed by atoms with Crippen molar-refractivity contribution in [2.75, 3.05) is 11.4 Å². The summed E-state index contributed by atoms with van der Waals surface area (Å²) < 4.78 is 0. The first kappa shape index (κ1) is 13.3. The molecule has 1 aliphatic rings. The normalized spacial score (nSPS) is 12.1. The Kier molecular flexibility index (Phi) is 3.61. The first-order valence-corrected chi connectivity index (χ1v) is 7.04. The number of fused-ring (bicyclic) bond motifs is 2. The van der Waals surface area contributed by atoms with E-state index in [2.05, 4.69) is 17.2 Å². The van der Waals surface area contributed by atoms with E-state index in [-0.39, 0.29) is 6.03 Å². The lowest BCUT2D eigenvalue weighted by Gasteiger charge is -2.25. The highest BCUT2D eigenvalue weighted by Gasteiger charge is 2.20. The molecule has 1 aliphatic heterocycles. The Morgan fingerprint density at radius 1 is 1.10 bits per heavy atom. The molecule has 1 heterocycles. The van der Waals surface area contributed by atoms with Crippen LogP contribution in [0.25, 0.3) is 0 Å². The molecule has 0 spiro atoms. The standard InChI is InChI=1S/C18H16N2O/c1-2-19-18(21)20-13-16-9-4-3-7-14(16)11-12-15-8-5-6-10-17(15)20/h3-10H,2,13H2,1H3,(H,19,21). The molecule has 0 radical (unpaired) electrons. The van der Waals surface area contributed by atoms with E-state index in [0.29, 0.717) is 13.1 Å². The maximum Gasteiger partial charge on any atom is 0.322 e. The highest BCUT2D eigenvalue weighted by atomic mass is 16.2. The molecule has 0 fully saturated rings. The Morgan fingerprint density at radius 3 is 2.57 bits per heavy atom. The number of hydrogen-bond acceptors (Lipinski definition) is 1. The Morgan fingerprint density at radius 2 is 1.76 bits per heavy atom. The van der Waals surface area contributed by atoms with Crippen LogP contribution in [0.2, 0.25) is 0 Å². The van der Waals surface area contributed by atoms with Crippen LogP contribution in [0.15, 0.2) is 48.5 Å². The number of nitrogens with zero attached hydrogens (tertiary/aromatic N) is 1. The van der Waals surface area contributed by atoms with Crippen molar-refractivity contribution in [1.29, 1.82) is 0 Å². The van der Waals surface area contributed by atoms with E-state index in [4.69, 9.17) is 0 Å². The van der Waals surface area contributed by atoms with Crippen molar-refractivity contribution in [2.45, 2.75) is 13.5 Å². The van der Waals surface area contributed by atoms with Gasteiger partial charge in [-0.2, -0.15) is 0 Å². The Bertz CT molecular complexity index is 740. The van der Waals surface area contributed by atoms with Crippen LogP contribution in [-0.2, 0) is 6.54 Å². The van der Waals surface area contributed by atoms with Gasteiger partial charge in [0.15, 0.2) is 0 Å². The summed E-state index contributed by atoms with van der Waals surface area (Å²) in [5.41, 5.74) is 3.76. The third-order valence-corrected chi connectivity index (χ3v) is 3.45. The zero-order chi connectivity index (χ0) is 14.7. The van der Waals surface area contributed by atoms with E-state index >= 15 is 0 Å². The molecule has 3 heteroatoms. The van der Waals surface area contributed by atoms with Gasteiger partial charge in [-0.3, -0.25) is 4.90 Å². The molecular formula is C18H16N2O. The van der Waals surface area contributed by atoms with Crippen molar-refractivity contribution in [2.24, 2.45) is 0 Å². The largest absolute Gasteiger partial charge is 0.338 e. The van der Waals surface area contributed by atoms with E-state index in [1.54, 1.807) is 4.90 Å². The van der Waals surface area contributed by atoms with Crippen molar-refractivity contribution in [3.8, 4) is 11.8 Å². The summed E-state index contributed by atoms with van der Waals surface area (Å²) in [6, 6.07) is 15.6. The predicted molar refractivity (Wildman–Crippen MR) is 84.1 cm³/mol. The lowest BCUT2D eigenvalue weighted by molar-refractivity contribution is 0.246. The highest BCUT2D eigenvalue weighted by molar-refractivity contribution is 5.93. The zero-order valence-corrected chi connectivity index (χ0v) is 11.9. The number of nitrogens with one attached hydrogen (secondary N) is 1. The second-order valence-corrected chi connectivity index (χ2v) is 4.85. The van der Waals surface area contributed by atoms with Gasteiger partial charge in [0.1, 0.15) is 0 Å². The van der Waals surface area contributed by atoms with E-state index in [1.165, 1.54) is 0 Å². The second kappa shape index (κ2) is 5.72. The topological polar surface area (TPSA) is 32.3 Å². The molecular weight excluding hydrogens is 260 g/mol. The third-order valence-electron chi connectivity index (χ3n) is 3.45. The third kappa shape index (κ3) is 2.61. The number of anilines is 1. The van der Waals surface area contributed by atoms with Gasteiger partial charge in [0.05, 0.1) is 12.2 Å². The van der Waals surface area contributed by atoms with Gasteiger partial charge in [-0.1, -0.05) is 42.2 Å². The second-order valence-electron chi connectivity index (χ2n) is 4.85. The van der Waals surface area contributed by atoms with Crippen LogP contribution in [0.3, 0.4) is 0 Å². The zero-order valence-electron chi connectivity index (χ0n) is 11.9. The molecule has 2 aromatic rings. The number of urea groups is 1. The van der Waals surface area contributed by atoms with Crippen LogP contribution in [0.4, 0.5) is 10.5 Å². The van der Waals surface area contributed by atoms with Gasteiger partial charge in [0.25, 0.3) is 0 Å². The number of hydrogen-bond donors (Lipinski definition) is 1. The molecule has 0 saturated heterocycles. The minimum atomic E-state index is -0.0940. The summed E-state index contributed by atoms with van der Waals surface area (Å²) in [6.07, 6.45) is 0.